The van der Waals surface area contributed by atoms with Crippen molar-refractivity contribution >= 4 is 29.0 Å². The fraction of sp³-hybridized carbons (Fsp3) is 0.250. The third-order valence-corrected chi connectivity index (χ3v) is 4.14. The molecule has 1 aromatic carbocycles. The number of nitro benzene ring substituents is 1. The average molecular weight is 347 g/mol. The van der Waals surface area contributed by atoms with Crippen molar-refractivity contribution in [2.75, 3.05) is 14.2 Å². The van der Waals surface area contributed by atoms with Gasteiger partial charge in [0, 0.05) is 36.8 Å². The highest BCUT2D eigenvalue weighted by Gasteiger charge is 2.16. The zero-order valence-corrected chi connectivity index (χ0v) is 14.4. The highest BCUT2D eigenvalue weighted by Crippen LogP contribution is 2.27. The maximum atomic E-state index is 12.1. The Kier molecular flexibility index (Phi) is 5.64. The Morgan fingerprint density at radius 1 is 1.50 bits per heavy atom. The lowest BCUT2D eigenvalue weighted by atomic mass is 10.1. The number of carbonyl (C=O) groups is 1. The van der Waals surface area contributed by atoms with Crippen molar-refractivity contribution in [2.45, 2.75) is 13.5 Å². The van der Waals surface area contributed by atoms with E-state index in [0.717, 1.165) is 9.88 Å². The average Bonchev–Trinajstić information content (AvgIpc) is 2.97. The number of likely N-dealkylation sites (N-methyl/N-ethyl adjacent to an activating group) is 1. The molecule has 126 valence electrons. The lowest BCUT2D eigenvalue weighted by Crippen LogP contribution is -2.24. The van der Waals surface area contributed by atoms with Crippen LogP contribution in [0, 0.1) is 17.0 Å². The summed E-state index contributed by atoms with van der Waals surface area (Å²) >= 11 is 1.50. The predicted molar refractivity (Wildman–Crippen MR) is 92.0 cm³/mol. The molecule has 0 unspecified atom stereocenters. The fourth-order valence-corrected chi connectivity index (χ4v) is 2.75. The molecule has 0 saturated heterocycles. The number of methoxy groups -OCH3 is 1. The Morgan fingerprint density at radius 3 is 2.83 bits per heavy atom. The Labute approximate surface area is 143 Å². The quantitative estimate of drug-likeness (QED) is 0.455. The van der Waals surface area contributed by atoms with Crippen molar-refractivity contribution in [2.24, 2.45) is 0 Å². The predicted octanol–water partition coefficient (Wildman–Crippen LogP) is 3.04. The van der Waals surface area contributed by atoms with Crippen LogP contribution in [0.25, 0.3) is 6.08 Å². The van der Waals surface area contributed by atoms with Crippen LogP contribution >= 0.6 is 11.3 Å². The van der Waals surface area contributed by atoms with Crippen molar-refractivity contribution in [1.29, 1.82) is 0 Å². The van der Waals surface area contributed by atoms with Crippen molar-refractivity contribution in [3.63, 3.8) is 0 Å². The lowest BCUT2D eigenvalue weighted by Gasteiger charge is -2.15. The third-order valence-electron chi connectivity index (χ3n) is 3.27. The number of benzene rings is 1. The molecule has 1 aromatic heterocycles. The number of hydrogen-bond donors (Lipinski definition) is 0. The fourth-order valence-electron chi connectivity index (χ4n) is 2.06. The van der Waals surface area contributed by atoms with Crippen LogP contribution in [-0.2, 0) is 11.3 Å². The van der Waals surface area contributed by atoms with Crippen LogP contribution < -0.4 is 4.74 Å². The molecule has 0 radical (unpaired) electrons. The molecule has 0 aliphatic carbocycles. The van der Waals surface area contributed by atoms with Gasteiger partial charge in [0.2, 0.25) is 5.91 Å². The van der Waals surface area contributed by atoms with E-state index in [-0.39, 0.29) is 23.9 Å². The molecule has 2 aromatic rings. The zero-order chi connectivity index (χ0) is 17.7. The van der Waals surface area contributed by atoms with Gasteiger partial charge in [-0.2, -0.15) is 0 Å². The SMILES string of the molecule is COc1ccc(CN(C)C(=O)/C=C/c2cnc(C)s2)cc1[N+](=O)[O-]. The molecule has 2 rings (SSSR count). The minimum atomic E-state index is -0.504. The standard InChI is InChI=1S/C16H17N3O4S/c1-11-17-9-13(24-11)5-7-16(20)18(2)10-12-4-6-15(23-3)14(8-12)19(21)22/h4-9H,10H2,1-3H3/b7-5+. The Bertz CT molecular complexity index is 785. The number of nitro groups is 1. The Hall–Kier alpha value is -2.74. The van der Waals surface area contributed by atoms with E-state index in [4.69, 9.17) is 4.74 Å². The van der Waals surface area contributed by atoms with Crippen LogP contribution in [0.2, 0.25) is 0 Å². The summed E-state index contributed by atoms with van der Waals surface area (Å²) in [5, 5.41) is 12.0. The molecule has 0 atom stereocenters. The molecule has 0 spiro atoms. The molecule has 7 nitrogen and oxygen atoms in total. The molecule has 24 heavy (non-hydrogen) atoms. The highest BCUT2D eigenvalue weighted by atomic mass is 32.1. The van der Waals surface area contributed by atoms with E-state index >= 15 is 0 Å². The van der Waals surface area contributed by atoms with Crippen LogP contribution in [0.4, 0.5) is 5.69 Å². The van der Waals surface area contributed by atoms with Gasteiger partial charge in [0.05, 0.1) is 17.0 Å². The number of ether oxygens (including phenoxy) is 1. The number of amides is 1. The number of aromatic nitrogens is 1. The molecule has 0 bridgehead atoms. The van der Waals surface area contributed by atoms with Crippen molar-refractivity contribution < 1.29 is 14.5 Å². The minimum absolute atomic E-state index is 0.119. The molecular weight excluding hydrogens is 330 g/mol. The summed E-state index contributed by atoms with van der Waals surface area (Å²) in [5.41, 5.74) is 0.534. The van der Waals surface area contributed by atoms with E-state index in [2.05, 4.69) is 4.98 Å². The Morgan fingerprint density at radius 2 is 2.25 bits per heavy atom. The van der Waals surface area contributed by atoms with Gasteiger partial charge >= 0.3 is 5.69 Å². The summed E-state index contributed by atoms with van der Waals surface area (Å²) in [5.74, 6) is -0.00212. The first-order valence-corrected chi connectivity index (χ1v) is 7.89. The molecule has 0 aliphatic heterocycles. The number of rotatable bonds is 6. The van der Waals surface area contributed by atoms with E-state index in [1.54, 1.807) is 25.4 Å². The van der Waals surface area contributed by atoms with Gasteiger partial charge in [0.15, 0.2) is 5.75 Å². The van der Waals surface area contributed by atoms with Crippen molar-refractivity contribution in [3.05, 3.63) is 56.0 Å². The van der Waals surface area contributed by atoms with Crippen LogP contribution in [0.3, 0.4) is 0 Å². The van der Waals surface area contributed by atoms with Gasteiger partial charge in [-0.3, -0.25) is 14.9 Å². The molecule has 0 aliphatic rings. The normalized spacial score (nSPS) is 10.8. The zero-order valence-electron chi connectivity index (χ0n) is 13.6. The molecule has 1 amide bonds. The number of hydrogen-bond acceptors (Lipinski definition) is 6. The van der Waals surface area contributed by atoms with Gasteiger partial charge in [-0.25, -0.2) is 4.98 Å². The Balaban J connectivity index is 2.07. The van der Waals surface area contributed by atoms with Gasteiger partial charge in [-0.15, -0.1) is 11.3 Å². The first-order chi connectivity index (χ1) is 11.4. The van der Waals surface area contributed by atoms with Crippen LogP contribution in [0.5, 0.6) is 5.75 Å². The topological polar surface area (TPSA) is 85.6 Å². The van der Waals surface area contributed by atoms with Gasteiger partial charge in [-0.05, 0) is 24.6 Å². The lowest BCUT2D eigenvalue weighted by molar-refractivity contribution is -0.385. The number of carbonyl (C=O) groups excluding carboxylic acids is 1. The second-order valence-electron chi connectivity index (χ2n) is 5.07. The highest BCUT2D eigenvalue weighted by molar-refractivity contribution is 7.12. The first-order valence-electron chi connectivity index (χ1n) is 7.07. The summed E-state index contributed by atoms with van der Waals surface area (Å²) in [4.78, 5) is 29.2. The van der Waals surface area contributed by atoms with Crippen molar-refractivity contribution in [1.82, 2.24) is 9.88 Å². The number of nitrogens with zero attached hydrogens (tertiary/aromatic N) is 3. The van der Waals surface area contributed by atoms with E-state index in [1.165, 1.54) is 41.6 Å². The van der Waals surface area contributed by atoms with Crippen LogP contribution in [0.15, 0.2) is 30.5 Å². The summed E-state index contributed by atoms with van der Waals surface area (Å²) in [6.07, 6.45) is 4.88. The minimum Gasteiger partial charge on any atom is -0.490 e. The molecule has 0 saturated carbocycles. The maximum absolute atomic E-state index is 12.1. The molecular formula is C16H17N3O4S. The summed E-state index contributed by atoms with van der Waals surface area (Å²) in [6, 6.07) is 4.65. The van der Waals surface area contributed by atoms with E-state index in [1.807, 2.05) is 6.92 Å². The van der Waals surface area contributed by atoms with Gasteiger partial charge in [0.25, 0.3) is 0 Å². The molecule has 0 fully saturated rings. The smallest absolute Gasteiger partial charge is 0.311 e. The first kappa shape index (κ1) is 17.6. The summed E-state index contributed by atoms with van der Waals surface area (Å²) in [7, 11) is 3.02. The second kappa shape index (κ2) is 7.69. The maximum Gasteiger partial charge on any atom is 0.311 e. The molecule has 8 heteroatoms. The molecule has 1 heterocycles. The molecule has 0 N–H and O–H groups in total. The van der Waals surface area contributed by atoms with E-state index in [0.29, 0.717) is 5.56 Å². The van der Waals surface area contributed by atoms with Gasteiger partial charge in [0.1, 0.15) is 0 Å². The number of thiazole rings is 1. The summed E-state index contributed by atoms with van der Waals surface area (Å²) < 4.78 is 4.97. The van der Waals surface area contributed by atoms with Gasteiger partial charge < -0.3 is 9.64 Å². The van der Waals surface area contributed by atoms with Crippen LogP contribution in [0.1, 0.15) is 15.4 Å². The number of aryl methyl sites for hydroxylation is 1. The third kappa shape index (κ3) is 4.39. The summed E-state index contributed by atoms with van der Waals surface area (Å²) in [6.45, 7) is 2.16. The van der Waals surface area contributed by atoms with E-state index < -0.39 is 4.92 Å². The van der Waals surface area contributed by atoms with E-state index in [9.17, 15) is 14.9 Å². The van der Waals surface area contributed by atoms with Crippen LogP contribution in [-0.4, -0.2) is 34.9 Å². The second-order valence-corrected chi connectivity index (χ2v) is 6.34. The monoisotopic (exact) mass is 347 g/mol. The largest absolute Gasteiger partial charge is 0.490 e. The van der Waals surface area contributed by atoms with Crippen molar-refractivity contribution in [3.8, 4) is 5.75 Å². The van der Waals surface area contributed by atoms with Gasteiger partial charge in [-0.1, -0.05) is 6.07 Å².